The van der Waals surface area contributed by atoms with Crippen molar-refractivity contribution in [1.82, 2.24) is 4.90 Å². The molecule has 1 heterocycles. The minimum atomic E-state index is -0.531. The summed E-state index contributed by atoms with van der Waals surface area (Å²) in [6, 6.07) is 0.353. The summed E-state index contributed by atoms with van der Waals surface area (Å²) in [6.45, 7) is 2.39. The van der Waals surface area contributed by atoms with E-state index in [-0.39, 0.29) is 6.54 Å². The Balaban J connectivity index is 2.20. The number of hydrogen-bond acceptors (Lipinski definition) is 3. The molecule has 0 bridgehead atoms. The van der Waals surface area contributed by atoms with Crippen LogP contribution in [-0.2, 0) is 0 Å². The Bertz CT molecular complexity index is 344. The number of allylic oxidation sites excluding steroid dienone is 1. The lowest BCUT2D eigenvalue weighted by atomic mass is 9.91. The summed E-state index contributed by atoms with van der Waals surface area (Å²) in [5, 5.41) is 9.67. The van der Waals surface area contributed by atoms with E-state index < -0.39 is 6.10 Å². The molecule has 15 heavy (non-hydrogen) atoms. The van der Waals surface area contributed by atoms with E-state index in [1.54, 1.807) is 0 Å². The fraction of sp³-hybridized carbons (Fsp3) is 0.500. The lowest BCUT2D eigenvalue weighted by Crippen LogP contribution is -2.32. The molecule has 0 spiro atoms. The standard InChI is InChI=1S/C12H18N2O/c1-8-5-9-3-4-10(12(15)7-13)6-11(9)14(8)2/h3-6,9,11-12,15H,7,13H2,1-2H3. The molecule has 3 heteroatoms. The summed E-state index contributed by atoms with van der Waals surface area (Å²) in [4.78, 5) is 2.23. The van der Waals surface area contributed by atoms with E-state index in [4.69, 9.17) is 5.73 Å². The van der Waals surface area contributed by atoms with E-state index >= 15 is 0 Å². The molecule has 82 valence electrons. The Kier molecular flexibility index (Phi) is 2.67. The predicted molar refractivity (Wildman–Crippen MR) is 61.1 cm³/mol. The van der Waals surface area contributed by atoms with Crippen molar-refractivity contribution < 1.29 is 5.11 Å². The number of rotatable bonds is 2. The third-order valence-electron chi connectivity index (χ3n) is 3.31. The minimum Gasteiger partial charge on any atom is -0.387 e. The highest BCUT2D eigenvalue weighted by Crippen LogP contribution is 2.31. The third kappa shape index (κ3) is 1.73. The Labute approximate surface area is 90.6 Å². The largest absolute Gasteiger partial charge is 0.387 e. The fourth-order valence-corrected chi connectivity index (χ4v) is 2.21. The van der Waals surface area contributed by atoms with Crippen molar-refractivity contribution in [1.29, 1.82) is 0 Å². The van der Waals surface area contributed by atoms with Gasteiger partial charge >= 0.3 is 0 Å². The molecule has 3 N–H and O–H groups in total. The molecule has 0 amide bonds. The van der Waals surface area contributed by atoms with Crippen LogP contribution in [0.15, 0.2) is 35.6 Å². The Morgan fingerprint density at radius 2 is 2.27 bits per heavy atom. The quantitative estimate of drug-likeness (QED) is 0.697. The van der Waals surface area contributed by atoms with E-state index in [2.05, 4.69) is 37.1 Å². The number of fused-ring (bicyclic) bond motifs is 1. The topological polar surface area (TPSA) is 49.5 Å². The van der Waals surface area contributed by atoms with E-state index in [0.717, 1.165) is 5.57 Å². The summed E-state index contributed by atoms with van der Waals surface area (Å²) in [5.41, 5.74) is 7.68. The number of likely N-dealkylation sites (N-methyl/N-ethyl adjacent to an activating group) is 1. The van der Waals surface area contributed by atoms with Crippen LogP contribution in [0, 0.1) is 5.92 Å². The molecule has 0 radical (unpaired) electrons. The maximum absolute atomic E-state index is 9.67. The fourth-order valence-electron chi connectivity index (χ4n) is 2.21. The second kappa shape index (κ2) is 3.83. The first-order valence-electron chi connectivity index (χ1n) is 5.33. The van der Waals surface area contributed by atoms with Gasteiger partial charge in [0.05, 0.1) is 12.1 Å². The van der Waals surface area contributed by atoms with Crippen LogP contribution in [0.4, 0.5) is 0 Å². The molecule has 3 atom stereocenters. The average Bonchev–Trinajstić information content (AvgIpc) is 2.54. The van der Waals surface area contributed by atoms with Gasteiger partial charge in [0.15, 0.2) is 0 Å². The number of nitrogens with two attached hydrogens (primary N) is 1. The van der Waals surface area contributed by atoms with E-state index in [0.29, 0.717) is 12.0 Å². The smallest absolute Gasteiger partial charge is 0.0909 e. The first kappa shape index (κ1) is 10.5. The molecule has 2 aliphatic rings. The maximum atomic E-state index is 9.67. The van der Waals surface area contributed by atoms with Crippen LogP contribution in [0.2, 0.25) is 0 Å². The van der Waals surface area contributed by atoms with Crippen LogP contribution >= 0.6 is 0 Å². The van der Waals surface area contributed by atoms with Gasteiger partial charge in [-0.15, -0.1) is 0 Å². The second-order valence-electron chi connectivity index (χ2n) is 4.26. The van der Waals surface area contributed by atoms with Gasteiger partial charge in [0.1, 0.15) is 0 Å². The minimum absolute atomic E-state index is 0.281. The summed E-state index contributed by atoms with van der Waals surface area (Å²) in [6.07, 6.45) is 7.97. The van der Waals surface area contributed by atoms with Crippen LogP contribution in [0.25, 0.3) is 0 Å². The highest BCUT2D eigenvalue weighted by Gasteiger charge is 2.29. The van der Waals surface area contributed by atoms with Crippen molar-refractivity contribution in [3.05, 3.63) is 35.6 Å². The molecular weight excluding hydrogens is 188 g/mol. The van der Waals surface area contributed by atoms with Crippen LogP contribution in [0.5, 0.6) is 0 Å². The second-order valence-corrected chi connectivity index (χ2v) is 4.26. The Morgan fingerprint density at radius 3 is 2.93 bits per heavy atom. The average molecular weight is 206 g/mol. The van der Waals surface area contributed by atoms with Crippen LogP contribution < -0.4 is 5.73 Å². The molecule has 3 nitrogen and oxygen atoms in total. The van der Waals surface area contributed by atoms with Crippen molar-refractivity contribution in [3.63, 3.8) is 0 Å². The highest BCUT2D eigenvalue weighted by atomic mass is 16.3. The van der Waals surface area contributed by atoms with Crippen molar-refractivity contribution in [2.45, 2.75) is 19.1 Å². The van der Waals surface area contributed by atoms with E-state index in [1.807, 2.05) is 6.08 Å². The summed E-state index contributed by atoms with van der Waals surface area (Å²) >= 11 is 0. The summed E-state index contributed by atoms with van der Waals surface area (Å²) in [5.74, 6) is 0.448. The summed E-state index contributed by atoms with van der Waals surface area (Å²) in [7, 11) is 2.08. The number of hydrogen-bond donors (Lipinski definition) is 2. The molecule has 1 aliphatic carbocycles. The van der Waals surface area contributed by atoms with Crippen molar-refractivity contribution in [3.8, 4) is 0 Å². The zero-order chi connectivity index (χ0) is 11.0. The monoisotopic (exact) mass is 206 g/mol. The lowest BCUT2D eigenvalue weighted by Gasteiger charge is -2.28. The lowest BCUT2D eigenvalue weighted by molar-refractivity contribution is 0.219. The van der Waals surface area contributed by atoms with Gasteiger partial charge in [-0.25, -0.2) is 0 Å². The molecule has 0 aromatic rings. The summed E-state index contributed by atoms with van der Waals surface area (Å²) < 4.78 is 0. The molecule has 2 rings (SSSR count). The molecule has 1 aliphatic heterocycles. The first-order chi connectivity index (χ1) is 7.13. The van der Waals surface area contributed by atoms with E-state index in [9.17, 15) is 5.11 Å². The van der Waals surface area contributed by atoms with Gasteiger partial charge in [0, 0.05) is 25.2 Å². The third-order valence-corrected chi connectivity index (χ3v) is 3.31. The van der Waals surface area contributed by atoms with Gasteiger partial charge < -0.3 is 15.7 Å². The van der Waals surface area contributed by atoms with Crippen molar-refractivity contribution in [2.24, 2.45) is 11.7 Å². The van der Waals surface area contributed by atoms with Crippen LogP contribution in [0.3, 0.4) is 0 Å². The van der Waals surface area contributed by atoms with E-state index in [1.165, 1.54) is 5.70 Å². The van der Waals surface area contributed by atoms with Crippen LogP contribution in [0.1, 0.15) is 6.92 Å². The van der Waals surface area contributed by atoms with Gasteiger partial charge in [-0.05, 0) is 12.5 Å². The SMILES string of the molecule is CC1=CC2C=CC(C(O)CN)=CC2N1C. The molecule has 0 saturated carbocycles. The van der Waals surface area contributed by atoms with Crippen molar-refractivity contribution >= 4 is 0 Å². The molecule has 0 aromatic heterocycles. The zero-order valence-electron chi connectivity index (χ0n) is 9.22. The number of aliphatic hydroxyl groups is 1. The normalized spacial score (nSPS) is 31.1. The zero-order valence-corrected chi connectivity index (χ0v) is 9.22. The Morgan fingerprint density at radius 1 is 1.53 bits per heavy atom. The maximum Gasteiger partial charge on any atom is 0.0909 e. The van der Waals surface area contributed by atoms with Gasteiger partial charge in [-0.2, -0.15) is 0 Å². The van der Waals surface area contributed by atoms with Gasteiger partial charge in [-0.1, -0.05) is 24.3 Å². The number of nitrogens with zero attached hydrogens (tertiary/aromatic N) is 1. The molecular formula is C12H18N2O. The molecule has 0 fully saturated rings. The first-order valence-corrected chi connectivity index (χ1v) is 5.33. The molecule has 3 unspecified atom stereocenters. The molecule has 0 saturated heterocycles. The number of aliphatic hydroxyl groups excluding tert-OH is 1. The van der Waals surface area contributed by atoms with Gasteiger partial charge in [0.2, 0.25) is 0 Å². The van der Waals surface area contributed by atoms with Gasteiger partial charge in [-0.3, -0.25) is 0 Å². The van der Waals surface area contributed by atoms with Crippen molar-refractivity contribution in [2.75, 3.05) is 13.6 Å². The Hall–Kier alpha value is -1.06. The van der Waals surface area contributed by atoms with Gasteiger partial charge in [0.25, 0.3) is 0 Å². The predicted octanol–water partition coefficient (Wildman–Crippen LogP) is 0.636. The van der Waals surface area contributed by atoms with Crippen LogP contribution in [-0.4, -0.2) is 35.7 Å². The highest BCUT2D eigenvalue weighted by molar-refractivity contribution is 5.36. The molecule has 0 aromatic carbocycles.